The van der Waals surface area contributed by atoms with Crippen LogP contribution in [0.3, 0.4) is 0 Å². The maximum atomic E-state index is 12.8. The molecule has 0 radical (unpaired) electrons. The van der Waals surface area contributed by atoms with Gasteiger partial charge >= 0.3 is 0 Å². The Balaban J connectivity index is 1.64. The SMILES string of the molecule is Nc1noc(CCNC(=O)C(c2ccccc2)N2CCSCC2)n1. The third-order valence-corrected chi connectivity index (χ3v) is 4.84. The summed E-state index contributed by atoms with van der Waals surface area (Å²) in [6.07, 6.45) is 0.466. The Kier molecular flexibility index (Phi) is 5.71. The van der Waals surface area contributed by atoms with Gasteiger partial charge in [0, 0.05) is 37.6 Å². The number of nitrogens with two attached hydrogens (primary N) is 1. The fourth-order valence-electron chi connectivity index (χ4n) is 2.76. The minimum atomic E-state index is -0.264. The monoisotopic (exact) mass is 347 g/mol. The predicted molar refractivity (Wildman–Crippen MR) is 93.5 cm³/mol. The quantitative estimate of drug-likeness (QED) is 0.807. The van der Waals surface area contributed by atoms with Gasteiger partial charge in [0.2, 0.25) is 11.8 Å². The van der Waals surface area contributed by atoms with E-state index in [0.29, 0.717) is 18.9 Å². The summed E-state index contributed by atoms with van der Waals surface area (Å²) in [6.45, 7) is 2.27. The molecule has 128 valence electrons. The lowest BCUT2D eigenvalue weighted by molar-refractivity contribution is -0.126. The minimum Gasteiger partial charge on any atom is -0.365 e. The van der Waals surface area contributed by atoms with Crippen LogP contribution in [0, 0.1) is 0 Å². The van der Waals surface area contributed by atoms with Crippen molar-refractivity contribution in [1.29, 1.82) is 0 Å². The standard InChI is InChI=1S/C16H21N5O2S/c17-16-19-13(23-20-16)6-7-18-15(22)14(12-4-2-1-3-5-12)21-8-10-24-11-9-21/h1-5,14H,6-11H2,(H2,17,20)(H,18,22). The number of hydrogen-bond donors (Lipinski definition) is 2. The van der Waals surface area contributed by atoms with E-state index in [2.05, 4.69) is 20.4 Å². The first-order valence-corrected chi connectivity index (χ1v) is 9.12. The largest absolute Gasteiger partial charge is 0.365 e. The van der Waals surface area contributed by atoms with Gasteiger partial charge in [-0.3, -0.25) is 9.69 Å². The average molecular weight is 347 g/mol. The van der Waals surface area contributed by atoms with Crippen molar-refractivity contribution in [2.75, 3.05) is 36.9 Å². The zero-order chi connectivity index (χ0) is 16.8. The summed E-state index contributed by atoms with van der Waals surface area (Å²) < 4.78 is 4.96. The summed E-state index contributed by atoms with van der Waals surface area (Å²) in [6, 6.07) is 9.64. The van der Waals surface area contributed by atoms with Crippen molar-refractivity contribution in [3.05, 3.63) is 41.8 Å². The van der Waals surface area contributed by atoms with Crippen LogP contribution in [0.4, 0.5) is 5.95 Å². The fraction of sp³-hybridized carbons (Fsp3) is 0.438. The molecule has 1 aromatic carbocycles. The van der Waals surface area contributed by atoms with E-state index in [1.54, 1.807) is 0 Å². The van der Waals surface area contributed by atoms with Crippen LogP contribution in [-0.2, 0) is 11.2 Å². The highest BCUT2D eigenvalue weighted by molar-refractivity contribution is 7.99. The van der Waals surface area contributed by atoms with Crippen molar-refractivity contribution in [2.24, 2.45) is 0 Å². The van der Waals surface area contributed by atoms with Gasteiger partial charge in [-0.25, -0.2) is 0 Å². The minimum absolute atomic E-state index is 0.000544. The van der Waals surface area contributed by atoms with Gasteiger partial charge < -0.3 is 15.6 Å². The van der Waals surface area contributed by atoms with Gasteiger partial charge in [-0.2, -0.15) is 16.7 Å². The van der Waals surface area contributed by atoms with Crippen molar-refractivity contribution in [3.63, 3.8) is 0 Å². The second kappa shape index (κ2) is 8.16. The molecule has 3 N–H and O–H groups in total. The highest BCUT2D eigenvalue weighted by Crippen LogP contribution is 2.24. The second-order valence-corrected chi connectivity index (χ2v) is 6.77. The van der Waals surface area contributed by atoms with Crippen LogP contribution in [0.2, 0.25) is 0 Å². The van der Waals surface area contributed by atoms with Crippen LogP contribution in [0.5, 0.6) is 0 Å². The molecule has 1 fully saturated rings. The molecule has 24 heavy (non-hydrogen) atoms. The lowest BCUT2D eigenvalue weighted by atomic mass is 10.0. The molecule has 2 heterocycles. The Hall–Kier alpha value is -2.06. The number of benzene rings is 1. The molecular formula is C16H21N5O2S. The Morgan fingerprint density at radius 1 is 1.33 bits per heavy atom. The van der Waals surface area contributed by atoms with E-state index < -0.39 is 0 Å². The number of aromatic nitrogens is 2. The van der Waals surface area contributed by atoms with E-state index in [1.165, 1.54) is 0 Å². The number of anilines is 1. The lowest BCUT2D eigenvalue weighted by Crippen LogP contribution is -2.44. The Labute approximate surface area is 145 Å². The summed E-state index contributed by atoms with van der Waals surface area (Å²) in [5.74, 6) is 2.65. The number of carbonyl (C=O) groups is 1. The van der Waals surface area contributed by atoms with Gasteiger partial charge in [0.05, 0.1) is 0 Å². The summed E-state index contributed by atoms with van der Waals surface area (Å²) in [7, 11) is 0. The predicted octanol–water partition coefficient (Wildman–Crippen LogP) is 1.10. The average Bonchev–Trinajstić information content (AvgIpc) is 3.02. The van der Waals surface area contributed by atoms with Crippen molar-refractivity contribution in [2.45, 2.75) is 12.5 Å². The summed E-state index contributed by atoms with van der Waals surface area (Å²) >= 11 is 1.93. The molecule has 0 bridgehead atoms. The molecule has 0 aliphatic carbocycles. The Morgan fingerprint density at radius 3 is 2.75 bits per heavy atom. The topological polar surface area (TPSA) is 97.3 Å². The lowest BCUT2D eigenvalue weighted by Gasteiger charge is -2.33. The van der Waals surface area contributed by atoms with Crippen molar-refractivity contribution in [1.82, 2.24) is 20.4 Å². The van der Waals surface area contributed by atoms with Gasteiger partial charge in [0.1, 0.15) is 6.04 Å². The highest BCUT2D eigenvalue weighted by Gasteiger charge is 2.28. The van der Waals surface area contributed by atoms with Crippen molar-refractivity contribution >= 4 is 23.6 Å². The molecule has 1 aliphatic rings. The van der Waals surface area contributed by atoms with E-state index in [9.17, 15) is 4.79 Å². The number of nitrogens with one attached hydrogen (secondary N) is 1. The number of hydrogen-bond acceptors (Lipinski definition) is 7. The molecule has 1 saturated heterocycles. The molecule has 1 atom stereocenters. The molecule has 1 aliphatic heterocycles. The fourth-order valence-corrected chi connectivity index (χ4v) is 3.69. The molecule has 1 aromatic heterocycles. The van der Waals surface area contributed by atoms with E-state index in [-0.39, 0.29) is 17.9 Å². The van der Waals surface area contributed by atoms with Crippen molar-refractivity contribution in [3.8, 4) is 0 Å². The number of amides is 1. The summed E-state index contributed by atoms with van der Waals surface area (Å²) in [5.41, 5.74) is 6.44. The van der Waals surface area contributed by atoms with E-state index >= 15 is 0 Å². The number of nitrogen functional groups attached to an aromatic ring is 1. The van der Waals surface area contributed by atoms with E-state index in [1.807, 2.05) is 42.1 Å². The number of carbonyl (C=O) groups excluding carboxylic acids is 1. The zero-order valence-electron chi connectivity index (χ0n) is 13.4. The van der Waals surface area contributed by atoms with Crippen LogP contribution in [0.25, 0.3) is 0 Å². The molecule has 8 heteroatoms. The maximum Gasteiger partial charge on any atom is 0.260 e. The Morgan fingerprint density at radius 2 is 2.08 bits per heavy atom. The van der Waals surface area contributed by atoms with Crippen molar-refractivity contribution < 1.29 is 9.32 Å². The van der Waals surface area contributed by atoms with Gasteiger partial charge in [0.15, 0.2) is 0 Å². The maximum absolute atomic E-state index is 12.8. The van der Waals surface area contributed by atoms with Crippen LogP contribution in [0.1, 0.15) is 17.5 Å². The van der Waals surface area contributed by atoms with Crippen LogP contribution >= 0.6 is 11.8 Å². The first kappa shape index (κ1) is 16.8. The van der Waals surface area contributed by atoms with Crippen LogP contribution in [-0.4, -0.2) is 52.1 Å². The number of rotatable bonds is 6. The van der Waals surface area contributed by atoms with Gasteiger partial charge in [-0.15, -0.1) is 0 Å². The van der Waals surface area contributed by atoms with Gasteiger partial charge in [-0.05, 0) is 10.7 Å². The molecule has 0 saturated carbocycles. The molecule has 1 unspecified atom stereocenters. The van der Waals surface area contributed by atoms with Gasteiger partial charge in [0.25, 0.3) is 5.95 Å². The third kappa shape index (κ3) is 4.27. The Bertz CT molecular complexity index is 657. The van der Waals surface area contributed by atoms with Gasteiger partial charge in [-0.1, -0.05) is 30.3 Å². The smallest absolute Gasteiger partial charge is 0.260 e. The van der Waals surface area contributed by atoms with Crippen LogP contribution < -0.4 is 11.1 Å². The number of nitrogens with zero attached hydrogens (tertiary/aromatic N) is 3. The van der Waals surface area contributed by atoms with E-state index in [0.717, 1.165) is 30.2 Å². The third-order valence-electron chi connectivity index (χ3n) is 3.90. The van der Waals surface area contributed by atoms with E-state index in [4.69, 9.17) is 10.3 Å². The molecule has 1 amide bonds. The summed E-state index contributed by atoms with van der Waals surface area (Å²) in [5, 5.41) is 6.52. The normalized spacial score (nSPS) is 16.7. The number of thioether (sulfide) groups is 1. The molecule has 3 rings (SSSR count). The summed E-state index contributed by atoms with van der Waals surface area (Å²) in [4.78, 5) is 19.0. The second-order valence-electron chi connectivity index (χ2n) is 5.55. The molecule has 7 nitrogen and oxygen atoms in total. The first-order valence-electron chi connectivity index (χ1n) is 7.96. The molecule has 2 aromatic rings. The highest BCUT2D eigenvalue weighted by atomic mass is 32.2. The zero-order valence-corrected chi connectivity index (χ0v) is 14.2. The molecular weight excluding hydrogens is 326 g/mol. The molecule has 0 spiro atoms. The van der Waals surface area contributed by atoms with Crippen LogP contribution in [0.15, 0.2) is 34.9 Å². The first-order chi connectivity index (χ1) is 11.7.